The second-order valence-electron chi connectivity index (χ2n) is 8.52. The van der Waals surface area contributed by atoms with Crippen LogP contribution < -0.4 is 5.46 Å². The molecule has 1 aliphatic heterocycles. The first-order chi connectivity index (χ1) is 10.5. The van der Waals surface area contributed by atoms with Gasteiger partial charge in [-0.25, -0.2) is 0 Å². The molecule has 128 valence electrons. The molecule has 1 aliphatic rings. The van der Waals surface area contributed by atoms with Gasteiger partial charge in [-0.05, 0) is 66.0 Å². The zero-order valence-corrected chi connectivity index (χ0v) is 16.1. The number of benzene rings is 1. The van der Waals surface area contributed by atoms with Crippen LogP contribution in [0.5, 0.6) is 0 Å². The second kappa shape index (κ2) is 6.23. The second-order valence-corrected chi connectivity index (χ2v) is 8.52. The van der Waals surface area contributed by atoms with Crippen molar-refractivity contribution < 1.29 is 9.31 Å². The predicted molar refractivity (Wildman–Crippen MR) is 98.0 cm³/mol. The first-order valence-corrected chi connectivity index (χ1v) is 8.66. The molecule has 0 spiro atoms. The number of rotatable bonds is 4. The molecule has 4 heteroatoms. The van der Waals surface area contributed by atoms with E-state index in [1.165, 1.54) is 5.56 Å². The number of hydrogen-bond donors (Lipinski definition) is 0. The van der Waals surface area contributed by atoms with Crippen molar-refractivity contribution in [1.82, 2.24) is 4.90 Å². The molecule has 0 N–H and O–H groups in total. The molecule has 3 nitrogen and oxygen atoms in total. The average molecular weight is 317 g/mol. The van der Waals surface area contributed by atoms with E-state index in [1.807, 2.05) is 0 Å². The van der Waals surface area contributed by atoms with E-state index in [-0.39, 0.29) is 23.9 Å². The normalized spacial score (nSPS) is 20.3. The molecule has 0 bridgehead atoms. The molecule has 0 aliphatic carbocycles. The molecule has 0 atom stereocenters. The maximum Gasteiger partial charge on any atom is 0.494 e. The Kier molecular flexibility index (Phi) is 5.01. The summed E-state index contributed by atoms with van der Waals surface area (Å²) in [5, 5.41) is 0. The highest BCUT2D eigenvalue weighted by Gasteiger charge is 2.51. The summed E-state index contributed by atoms with van der Waals surface area (Å²) in [5.41, 5.74) is 1.97. The van der Waals surface area contributed by atoms with Crippen LogP contribution in [0.2, 0.25) is 0 Å². The van der Waals surface area contributed by atoms with E-state index in [0.29, 0.717) is 0 Å². The van der Waals surface area contributed by atoms with Crippen molar-refractivity contribution >= 4 is 12.6 Å². The standard InChI is InChI=1S/C19H32BNO2/c1-9-21(17(2,3)4)14-15-11-10-12-16(13-15)20-22-18(5,6)19(7,8)23-20/h10-13H,9,14H2,1-8H3. The van der Waals surface area contributed by atoms with Gasteiger partial charge in [-0.2, -0.15) is 0 Å². The van der Waals surface area contributed by atoms with Gasteiger partial charge in [-0.15, -0.1) is 0 Å². The lowest BCUT2D eigenvalue weighted by Crippen LogP contribution is -2.41. The summed E-state index contributed by atoms with van der Waals surface area (Å²) in [6.07, 6.45) is 0. The maximum atomic E-state index is 6.17. The van der Waals surface area contributed by atoms with E-state index in [4.69, 9.17) is 9.31 Å². The van der Waals surface area contributed by atoms with Crippen molar-refractivity contribution in [3.05, 3.63) is 29.8 Å². The van der Waals surface area contributed by atoms with E-state index in [2.05, 4.69) is 84.6 Å². The summed E-state index contributed by atoms with van der Waals surface area (Å²) in [6, 6.07) is 8.60. The van der Waals surface area contributed by atoms with Crippen LogP contribution in [0.4, 0.5) is 0 Å². The van der Waals surface area contributed by atoms with E-state index >= 15 is 0 Å². The van der Waals surface area contributed by atoms with Gasteiger partial charge in [0.15, 0.2) is 0 Å². The Balaban J connectivity index is 2.18. The van der Waals surface area contributed by atoms with Gasteiger partial charge < -0.3 is 9.31 Å². The molecule has 1 aromatic rings. The summed E-state index contributed by atoms with van der Waals surface area (Å²) < 4.78 is 12.3. The lowest BCUT2D eigenvalue weighted by Gasteiger charge is -2.34. The third kappa shape index (κ3) is 3.99. The monoisotopic (exact) mass is 317 g/mol. The molecule has 0 saturated carbocycles. The van der Waals surface area contributed by atoms with Crippen molar-refractivity contribution in [3.8, 4) is 0 Å². The van der Waals surface area contributed by atoms with Crippen LogP contribution in [0.1, 0.15) is 61.0 Å². The van der Waals surface area contributed by atoms with Crippen LogP contribution in [-0.4, -0.2) is 35.3 Å². The largest absolute Gasteiger partial charge is 0.494 e. The minimum Gasteiger partial charge on any atom is -0.399 e. The Hall–Kier alpha value is -0.835. The molecule has 2 rings (SSSR count). The molecule has 23 heavy (non-hydrogen) atoms. The van der Waals surface area contributed by atoms with Crippen molar-refractivity contribution in [1.29, 1.82) is 0 Å². The highest BCUT2D eigenvalue weighted by molar-refractivity contribution is 6.62. The summed E-state index contributed by atoms with van der Waals surface area (Å²) in [4.78, 5) is 2.47. The molecule has 0 amide bonds. The summed E-state index contributed by atoms with van der Waals surface area (Å²) in [7, 11) is -0.287. The van der Waals surface area contributed by atoms with Crippen LogP contribution in [0.15, 0.2) is 24.3 Å². The van der Waals surface area contributed by atoms with E-state index < -0.39 is 0 Å². The quantitative estimate of drug-likeness (QED) is 0.792. The summed E-state index contributed by atoms with van der Waals surface area (Å²) in [6.45, 7) is 19.3. The Bertz CT molecular complexity index is 533. The van der Waals surface area contributed by atoms with Gasteiger partial charge in [0.05, 0.1) is 11.2 Å². The van der Waals surface area contributed by atoms with Crippen LogP contribution in [-0.2, 0) is 15.9 Å². The Labute approximate surface area is 142 Å². The van der Waals surface area contributed by atoms with Gasteiger partial charge >= 0.3 is 7.12 Å². The fourth-order valence-electron chi connectivity index (χ4n) is 2.86. The van der Waals surface area contributed by atoms with Crippen LogP contribution in [0.3, 0.4) is 0 Å². The SMILES string of the molecule is CCN(Cc1cccc(B2OC(C)(C)C(C)(C)O2)c1)C(C)(C)C. The summed E-state index contributed by atoms with van der Waals surface area (Å²) in [5.74, 6) is 0. The molecule has 1 fully saturated rings. The molecule has 1 aromatic carbocycles. The lowest BCUT2D eigenvalue weighted by atomic mass is 9.78. The van der Waals surface area contributed by atoms with Crippen molar-refractivity contribution in [2.45, 2.75) is 78.7 Å². The fourth-order valence-corrected chi connectivity index (χ4v) is 2.86. The predicted octanol–water partition coefficient (Wildman–Crippen LogP) is 3.61. The maximum absolute atomic E-state index is 6.17. The van der Waals surface area contributed by atoms with E-state index in [9.17, 15) is 0 Å². The van der Waals surface area contributed by atoms with Gasteiger partial charge in [0.2, 0.25) is 0 Å². The highest BCUT2D eigenvalue weighted by Crippen LogP contribution is 2.36. The Morgan fingerprint density at radius 2 is 1.61 bits per heavy atom. The first kappa shape index (κ1) is 18.5. The zero-order chi connectivity index (χ0) is 17.5. The molecular weight excluding hydrogens is 285 g/mol. The topological polar surface area (TPSA) is 21.7 Å². The fraction of sp³-hybridized carbons (Fsp3) is 0.684. The van der Waals surface area contributed by atoms with Gasteiger partial charge in [0.25, 0.3) is 0 Å². The van der Waals surface area contributed by atoms with Crippen LogP contribution >= 0.6 is 0 Å². The molecule has 0 aromatic heterocycles. The summed E-state index contributed by atoms with van der Waals surface area (Å²) >= 11 is 0. The Morgan fingerprint density at radius 3 is 2.09 bits per heavy atom. The van der Waals surface area contributed by atoms with E-state index in [0.717, 1.165) is 18.6 Å². The molecule has 0 radical (unpaired) electrons. The Morgan fingerprint density at radius 1 is 1.04 bits per heavy atom. The van der Waals surface area contributed by atoms with Gasteiger partial charge in [0, 0.05) is 12.1 Å². The van der Waals surface area contributed by atoms with Crippen molar-refractivity contribution in [2.24, 2.45) is 0 Å². The van der Waals surface area contributed by atoms with Crippen LogP contribution in [0, 0.1) is 0 Å². The minimum absolute atomic E-state index is 0.162. The zero-order valence-electron chi connectivity index (χ0n) is 16.1. The number of nitrogens with zero attached hydrogens (tertiary/aromatic N) is 1. The van der Waals surface area contributed by atoms with Gasteiger partial charge in [-0.3, -0.25) is 4.90 Å². The molecule has 0 unspecified atom stereocenters. The third-order valence-electron chi connectivity index (χ3n) is 5.18. The lowest BCUT2D eigenvalue weighted by molar-refractivity contribution is 0.00578. The van der Waals surface area contributed by atoms with Crippen molar-refractivity contribution in [2.75, 3.05) is 6.54 Å². The highest BCUT2D eigenvalue weighted by atomic mass is 16.7. The van der Waals surface area contributed by atoms with E-state index in [1.54, 1.807) is 0 Å². The minimum atomic E-state index is -0.297. The van der Waals surface area contributed by atoms with Crippen LogP contribution in [0.25, 0.3) is 0 Å². The molecular formula is C19H32BNO2. The number of hydrogen-bond acceptors (Lipinski definition) is 3. The smallest absolute Gasteiger partial charge is 0.399 e. The third-order valence-corrected chi connectivity index (χ3v) is 5.18. The average Bonchev–Trinajstić information content (AvgIpc) is 2.64. The van der Waals surface area contributed by atoms with Gasteiger partial charge in [-0.1, -0.05) is 31.2 Å². The van der Waals surface area contributed by atoms with Crippen molar-refractivity contribution in [3.63, 3.8) is 0 Å². The van der Waals surface area contributed by atoms with Gasteiger partial charge in [0.1, 0.15) is 0 Å². The molecule has 1 saturated heterocycles. The molecule has 1 heterocycles. The first-order valence-electron chi connectivity index (χ1n) is 8.66.